The zero-order valence-corrected chi connectivity index (χ0v) is 12.0. The van der Waals surface area contributed by atoms with Crippen molar-refractivity contribution in [3.8, 4) is 5.75 Å². The van der Waals surface area contributed by atoms with Gasteiger partial charge in [0, 0.05) is 13.6 Å². The summed E-state index contributed by atoms with van der Waals surface area (Å²) in [6, 6.07) is 5.94. The summed E-state index contributed by atoms with van der Waals surface area (Å²) in [6.07, 6.45) is 0.799. The average molecular weight is 353 g/mol. The predicted octanol–water partition coefficient (Wildman–Crippen LogP) is 1.75. The van der Waals surface area contributed by atoms with Gasteiger partial charge < -0.3 is 15.8 Å². The monoisotopic (exact) mass is 353 g/mol. The van der Waals surface area contributed by atoms with Crippen molar-refractivity contribution in [3.05, 3.63) is 30.1 Å². The number of benzene rings is 1. The summed E-state index contributed by atoms with van der Waals surface area (Å²) in [5.41, 5.74) is 5.44. The van der Waals surface area contributed by atoms with Gasteiger partial charge in [0.2, 0.25) is 0 Å². The molecule has 96 valence electrons. The molecule has 4 nitrogen and oxygen atoms in total. The first kappa shape index (κ1) is 16.0. The van der Waals surface area contributed by atoms with Crippen LogP contribution < -0.4 is 15.8 Å². The van der Waals surface area contributed by atoms with Gasteiger partial charge in [0.15, 0.2) is 5.96 Å². The van der Waals surface area contributed by atoms with Crippen LogP contribution >= 0.6 is 24.0 Å². The first-order valence-electron chi connectivity index (χ1n) is 5.07. The molecule has 6 heteroatoms. The van der Waals surface area contributed by atoms with Gasteiger partial charge in [-0.3, -0.25) is 4.99 Å². The lowest BCUT2D eigenvalue weighted by atomic mass is 10.3. The van der Waals surface area contributed by atoms with E-state index in [9.17, 15) is 4.39 Å². The highest BCUT2D eigenvalue weighted by Crippen LogP contribution is 2.10. The van der Waals surface area contributed by atoms with Crippen molar-refractivity contribution in [2.75, 3.05) is 20.2 Å². The van der Waals surface area contributed by atoms with Crippen LogP contribution in [0.1, 0.15) is 6.42 Å². The second-order valence-corrected chi connectivity index (χ2v) is 3.19. The Kier molecular flexibility index (Phi) is 8.47. The van der Waals surface area contributed by atoms with Gasteiger partial charge in [-0.15, -0.1) is 24.0 Å². The maximum absolute atomic E-state index is 12.6. The van der Waals surface area contributed by atoms with Crippen LogP contribution in [0.4, 0.5) is 4.39 Å². The molecule has 0 fully saturated rings. The largest absolute Gasteiger partial charge is 0.494 e. The van der Waals surface area contributed by atoms with Crippen molar-refractivity contribution in [2.45, 2.75) is 6.42 Å². The fourth-order valence-electron chi connectivity index (χ4n) is 1.09. The third kappa shape index (κ3) is 6.98. The zero-order chi connectivity index (χ0) is 11.8. The highest BCUT2D eigenvalue weighted by Gasteiger charge is 1.94. The molecule has 0 unspecified atom stereocenters. The SMILES string of the molecule is CN=C(N)NCCCOc1ccc(F)cc1.I. The molecule has 0 heterocycles. The van der Waals surface area contributed by atoms with Crippen LogP contribution in [0.5, 0.6) is 5.75 Å². The Bertz CT molecular complexity index is 343. The maximum Gasteiger partial charge on any atom is 0.188 e. The number of aliphatic imine (C=N–C) groups is 1. The molecular formula is C11H17FIN3O. The molecule has 0 spiro atoms. The average Bonchev–Trinajstić information content (AvgIpc) is 2.31. The first-order chi connectivity index (χ1) is 7.72. The Labute approximate surface area is 117 Å². The molecule has 17 heavy (non-hydrogen) atoms. The molecule has 1 rings (SSSR count). The summed E-state index contributed by atoms with van der Waals surface area (Å²) in [7, 11) is 1.62. The minimum atomic E-state index is -0.263. The van der Waals surface area contributed by atoms with Gasteiger partial charge in [0.25, 0.3) is 0 Å². The Balaban J connectivity index is 0.00000256. The molecule has 1 aromatic carbocycles. The van der Waals surface area contributed by atoms with Crippen molar-refractivity contribution in [3.63, 3.8) is 0 Å². The van der Waals surface area contributed by atoms with Crippen molar-refractivity contribution >= 4 is 29.9 Å². The van der Waals surface area contributed by atoms with E-state index in [0.717, 1.165) is 6.42 Å². The quantitative estimate of drug-likeness (QED) is 0.367. The van der Waals surface area contributed by atoms with Crippen molar-refractivity contribution in [1.29, 1.82) is 0 Å². The van der Waals surface area contributed by atoms with E-state index in [2.05, 4.69) is 10.3 Å². The molecule has 0 amide bonds. The minimum Gasteiger partial charge on any atom is -0.494 e. The highest BCUT2D eigenvalue weighted by atomic mass is 127. The molecule has 3 N–H and O–H groups in total. The topological polar surface area (TPSA) is 59.6 Å². The third-order valence-electron chi connectivity index (χ3n) is 1.95. The Hall–Kier alpha value is -1.05. The van der Waals surface area contributed by atoms with E-state index in [-0.39, 0.29) is 29.8 Å². The normalized spacial score (nSPS) is 10.6. The minimum absolute atomic E-state index is 0. The maximum atomic E-state index is 12.6. The molecule has 0 atom stereocenters. The fourth-order valence-corrected chi connectivity index (χ4v) is 1.09. The number of ether oxygens (including phenoxy) is 1. The van der Waals surface area contributed by atoms with E-state index >= 15 is 0 Å². The summed E-state index contributed by atoms with van der Waals surface area (Å²) in [5.74, 6) is 0.821. The van der Waals surface area contributed by atoms with Crippen LogP contribution in [0.2, 0.25) is 0 Å². The van der Waals surface area contributed by atoms with E-state index in [1.54, 1.807) is 19.2 Å². The summed E-state index contributed by atoms with van der Waals surface area (Å²) in [6.45, 7) is 1.25. The van der Waals surface area contributed by atoms with Crippen LogP contribution in [-0.2, 0) is 0 Å². The van der Waals surface area contributed by atoms with Gasteiger partial charge in [-0.25, -0.2) is 4.39 Å². The van der Waals surface area contributed by atoms with E-state index < -0.39 is 0 Å². The van der Waals surface area contributed by atoms with E-state index in [1.807, 2.05) is 0 Å². The van der Waals surface area contributed by atoms with E-state index in [1.165, 1.54) is 12.1 Å². The lowest BCUT2D eigenvalue weighted by Crippen LogP contribution is -2.32. The van der Waals surface area contributed by atoms with Gasteiger partial charge in [-0.2, -0.15) is 0 Å². The molecule has 0 saturated carbocycles. The Morgan fingerprint density at radius 3 is 2.65 bits per heavy atom. The number of rotatable bonds is 5. The number of hydrogen-bond acceptors (Lipinski definition) is 2. The summed E-state index contributed by atoms with van der Waals surface area (Å²) in [4.78, 5) is 3.75. The van der Waals surface area contributed by atoms with Crippen LogP contribution in [-0.4, -0.2) is 26.2 Å². The summed E-state index contributed by atoms with van der Waals surface area (Å²) < 4.78 is 18.0. The smallest absolute Gasteiger partial charge is 0.188 e. The number of hydrogen-bond donors (Lipinski definition) is 2. The molecule has 0 radical (unpaired) electrons. The standard InChI is InChI=1S/C11H16FN3O.HI/c1-14-11(13)15-7-2-8-16-10-5-3-9(12)4-6-10;/h3-6H,2,7-8H2,1H3,(H3,13,14,15);1H. The van der Waals surface area contributed by atoms with Gasteiger partial charge in [0.05, 0.1) is 6.61 Å². The van der Waals surface area contributed by atoms with Gasteiger partial charge in [0.1, 0.15) is 11.6 Å². The van der Waals surface area contributed by atoms with E-state index in [4.69, 9.17) is 10.5 Å². The molecule has 0 aliphatic carbocycles. The lowest BCUT2D eigenvalue weighted by molar-refractivity contribution is 0.311. The first-order valence-corrected chi connectivity index (χ1v) is 5.07. The fraction of sp³-hybridized carbons (Fsp3) is 0.364. The molecular weight excluding hydrogens is 336 g/mol. The Morgan fingerprint density at radius 1 is 1.41 bits per heavy atom. The van der Waals surface area contributed by atoms with E-state index in [0.29, 0.717) is 24.9 Å². The van der Waals surface area contributed by atoms with Gasteiger partial charge >= 0.3 is 0 Å². The van der Waals surface area contributed by atoms with Crippen LogP contribution in [0.15, 0.2) is 29.3 Å². The van der Waals surface area contributed by atoms with Gasteiger partial charge in [-0.1, -0.05) is 0 Å². The summed E-state index contributed by atoms with van der Waals surface area (Å²) in [5, 5.41) is 2.92. The van der Waals surface area contributed by atoms with Crippen LogP contribution in [0.3, 0.4) is 0 Å². The predicted molar refractivity (Wildman–Crippen MR) is 77.5 cm³/mol. The van der Waals surface area contributed by atoms with Crippen LogP contribution in [0, 0.1) is 5.82 Å². The molecule has 1 aromatic rings. The van der Waals surface area contributed by atoms with Crippen LogP contribution in [0.25, 0.3) is 0 Å². The second-order valence-electron chi connectivity index (χ2n) is 3.19. The third-order valence-corrected chi connectivity index (χ3v) is 1.95. The zero-order valence-electron chi connectivity index (χ0n) is 9.65. The number of guanidine groups is 1. The molecule has 0 aromatic heterocycles. The Morgan fingerprint density at radius 2 is 2.06 bits per heavy atom. The highest BCUT2D eigenvalue weighted by molar-refractivity contribution is 14.0. The summed E-state index contributed by atoms with van der Waals surface area (Å²) >= 11 is 0. The van der Waals surface area contributed by atoms with Crippen molar-refractivity contribution in [2.24, 2.45) is 10.7 Å². The molecule has 0 bridgehead atoms. The number of nitrogens with zero attached hydrogens (tertiary/aromatic N) is 1. The number of halogens is 2. The second kappa shape index (κ2) is 9.03. The van der Waals surface area contributed by atoms with Crippen molar-refractivity contribution < 1.29 is 9.13 Å². The number of nitrogens with two attached hydrogens (primary N) is 1. The van der Waals surface area contributed by atoms with Gasteiger partial charge in [-0.05, 0) is 30.7 Å². The number of nitrogens with one attached hydrogen (secondary N) is 1. The van der Waals surface area contributed by atoms with Crippen molar-refractivity contribution in [1.82, 2.24) is 5.32 Å². The molecule has 0 aliphatic heterocycles. The molecule has 0 aliphatic rings. The molecule has 0 saturated heterocycles. The lowest BCUT2D eigenvalue weighted by Gasteiger charge is -2.07.